The monoisotopic (exact) mass is 293 g/mol. The van der Waals surface area contributed by atoms with Gasteiger partial charge in [0.15, 0.2) is 0 Å². The van der Waals surface area contributed by atoms with Crippen LogP contribution in [0, 0.1) is 5.92 Å². The third-order valence-electron chi connectivity index (χ3n) is 5.58. The fourth-order valence-corrected chi connectivity index (χ4v) is 4.47. The van der Waals surface area contributed by atoms with Gasteiger partial charge < -0.3 is 10.4 Å². The van der Waals surface area contributed by atoms with Gasteiger partial charge in [-0.2, -0.15) is 0 Å². The highest BCUT2D eigenvalue weighted by molar-refractivity contribution is 5.11. The smallest absolute Gasteiger partial charge is 0.0620 e. The van der Waals surface area contributed by atoms with E-state index < -0.39 is 0 Å². The summed E-state index contributed by atoms with van der Waals surface area (Å²) in [5.74, 6) is 0.320. The average molecular weight is 293 g/mol. The lowest BCUT2D eigenvalue weighted by atomic mass is 9.66. The van der Waals surface area contributed by atoms with Gasteiger partial charge in [-0.05, 0) is 44.9 Å². The van der Waals surface area contributed by atoms with Crippen LogP contribution in [0.4, 0.5) is 0 Å². The normalized spacial score (nSPS) is 37.4. The maximum atomic E-state index is 10.5. The number of unbranched alkanes of at least 4 members (excludes halogenated alkanes) is 2. The number of allylic oxidation sites excluding steroid dienone is 1. The molecule has 0 aromatic rings. The molecule has 1 saturated heterocycles. The minimum absolute atomic E-state index is 0.150. The van der Waals surface area contributed by atoms with Crippen LogP contribution in [0.1, 0.15) is 84.5 Å². The number of hydrogen-bond acceptors (Lipinski definition) is 2. The zero-order valence-electron chi connectivity index (χ0n) is 14.1. The Morgan fingerprint density at radius 3 is 2.62 bits per heavy atom. The Morgan fingerprint density at radius 2 is 1.90 bits per heavy atom. The highest BCUT2D eigenvalue weighted by Gasteiger charge is 2.45. The highest BCUT2D eigenvalue weighted by Crippen LogP contribution is 2.42. The van der Waals surface area contributed by atoms with Gasteiger partial charge in [0.05, 0.1) is 6.10 Å². The van der Waals surface area contributed by atoms with E-state index in [1.165, 1.54) is 57.8 Å². The predicted molar refractivity (Wildman–Crippen MR) is 90.4 cm³/mol. The maximum Gasteiger partial charge on any atom is 0.0620 e. The zero-order chi connectivity index (χ0) is 15.1. The Morgan fingerprint density at radius 1 is 1.14 bits per heavy atom. The summed E-state index contributed by atoms with van der Waals surface area (Å²) in [5.41, 5.74) is 0.179. The Bertz CT molecular complexity index is 324. The molecule has 1 aliphatic carbocycles. The summed E-state index contributed by atoms with van der Waals surface area (Å²) >= 11 is 0. The molecule has 2 N–H and O–H groups in total. The van der Waals surface area contributed by atoms with Gasteiger partial charge in [0.2, 0.25) is 0 Å². The lowest BCUT2D eigenvalue weighted by Gasteiger charge is -2.51. The summed E-state index contributed by atoms with van der Waals surface area (Å²) in [6, 6.07) is 0.674. The Kier molecular flexibility index (Phi) is 6.75. The van der Waals surface area contributed by atoms with Crippen LogP contribution in [0.15, 0.2) is 12.2 Å². The molecule has 0 aromatic heterocycles. The molecule has 2 nitrogen and oxygen atoms in total. The second kappa shape index (κ2) is 8.33. The van der Waals surface area contributed by atoms with Crippen LogP contribution in [0.5, 0.6) is 0 Å². The van der Waals surface area contributed by atoms with Crippen molar-refractivity contribution in [1.82, 2.24) is 5.32 Å². The third kappa shape index (κ3) is 4.32. The molecule has 0 aromatic carbocycles. The average Bonchev–Trinajstić information content (AvgIpc) is 2.47. The fraction of sp³-hybridized carbons (Fsp3) is 0.895. The molecule has 0 bridgehead atoms. The first kappa shape index (κ1) is 17.0. The lowest BCUT2D eigenvalue weighted by molar-refractivity contribution is 0.00257. The van der Waals surface area contributed by atoms with Gasteiger partial charge in [-0.15, -0.1) is 0 Å². The number of hydrogen-bond donors (Lipinski definition) is 2. The second-order valence-corrected chi connectivity index (χ2v) is 7.21. The van der Waals surface area contributed by atoms with Crippen LogP contribution in [-0.4, -0.2) is 22.8 Å². The molecule has 2 heteroatoms. The van der Waals surface area contributed by atoms with Crippen LogP contribution in [-0.2, 0) is 0 Å². The molecule has 1 saturated carbocycles. The van der Waals surface area contributed by atoms with E-state index in [-0.39, 0.29) is 11.6 Å². The molecule has 1 heterocycles. The summed E-state index contributed by atoms with van der Waals surface area (Å²) in [6.07, 6.45) is 18.1. The van der Waals surface area contributed by atoms with Crippen LogP contribution in [0.2, 0.25) is 0 Å². The minimum atomic E-state index is -0.150. The van der Waals surface area contributed by atoms with Gasteiger partial charge in [0.1, 0.15) is 0 Å². The van der Waals surface area contributed by atoms with Crippen molar-refractivity contribution in [2.24, 2.45) is 5.92 Å². The zero-order valence-corrected chi connectivity index (χ0v) is 14.1. The molecule has 2 rings (SSSR count). The van der Waals surface area contributed by atoms with Crippen molar-refractivity contribution < 1.29 is 5.11 Å². The van der Waals surface area contributed by atoms with Crippen molar-refractivity contribution in [3.63, 3.8) is 0 Å². The van der Waals surface area contributed by atoms with E-state index in [1.54, 1.807) is 0 Å². The summed E-state index contributed by atoms with van der Waals surface area (Å²) in [5, 5.41) is 14.5. The molecule has 122 valence electrons. The van der Waals surface area contributed by atoms with Crippen LogP contribution < -0.4 is 5.32 Å². The van der Waals surface area contributed by atoms with Crippen LogP contribution in [0.3, 0.4) is 0 Å². The molecular formula is C19H35NO. The topological polar surface area (TPSA) is 32.3 Å². The standard InChI is InChI=1S/C19H35NO/c1-3-5-7-10-16-11-8-14-19(20-16)15-9-13-18(21)17(19)12-6-4-2/h6,12,16-18,20-21H,3-5,7-11,13-15H2,1-2H3/b12-6+/t16-,17-,18+,19-/m1/s1. The molecule has 21 heavy (non-hydrogen) atoms. The van der Waals surface area contributed by atoms with E-state index in [9.17, 15) is 5.11 Å². The van der Waals surface area contributed by atoms with Crippen LogP contribution in [0.25, 0.3) is 0 Å². The summed E-state index contributed by atoms with van der Waals surface area (Å²) in [4.78, 5) is 0. The van der Waals surface area contributed by atoms with Crippen LogP contribution >= 0.6 is 0 Å². The van der Waals surface area contributed by atoms with E-state index in [4.69, 9.17) is 0 Å². The SMILES string of the molecule is CC/C=C/[C@@H]1[C@@H](O)CCC[C@]12CCC[C@@H](CCCCC)N2. The first-order valence-electron chi connectivity index (χ1n) is 9.34. The van der Waals surface area contributed by atoms with Gasteiger partial charge >= 0.3 is 0 Å². The lowest BCUT2D eigenvalue weighted by Crippen LogP contribution is -2.61. The summed E-state index contributed by atoms with van der Waals surface area (Å²) in [7, 11) is 0. The van der Waals surface area contributed by atoms with Crippen molar-refractivity contribution in [2.45, 2.75) is 102 Å². The highest BCUT2D eigenvalue weighted by atomic mass is 16.3. The van der Waals surface area contributed by atoms with Gasteiger partial charge in [0, 0.05) is 17.5 Å². The summed E-state index contributed by atoms with van der Waals surface area (Å²) < 4.78 is 0. The molecule has 0 amide bonds. The maximum absolute atomic E-state index is 10.5. The first-order valence-corrected chi connectivity index (χ1v) is 9.34. The van der Waals surface area contributed by atoms with Gasteiger partial charge in [-0.1, -0.05) is 51.7 Å². The predicted octanol–water partition coefficient (Wildman–Crippen LogP) is 4.57. The molecule has 2 aliphatic rings. The molecule has 1 aliphatic heterocycles. The summed E-state index contributed by atoms with van der Waals surface area (Å²) in [6.45, 7) is 4.46. The molecule has 4 atom stereocenters. The second-order valence-electron chi connectivity index (χ2n) is 7.21. The third-order valence-corrected chi connectivity index (χ3v) is 5.58. The Hall–Kier alpha value is -0.340. The number of aliphatic hydroxyl groups excluding tert-OH is 1. The number of piperidine rings is 1. The van der Waals surface area contributed by atoms with Crippen molar-refractivity contribution in [3.05, 3.63) is 12.2 Å². The quantitative estimate of drug-likeness (QED) is 0.555. The number of aliphatic hydroxyl groups is 1. The molecule has 1 spiro atoms. The number of rotatable bonds is 6. The van der Waals surface area contributed by atoms with Gasteiger partial charge in [-0.3, -0.25) is 0 Å². The van der Waals surface area contributed by atoms with Gasteiger partial charge in [-0.25, -0.2) is 0 Å². The van der Waals surface area contributed by atoms with Crippen molar-refractivity contribution in [2.75, 3.05) is 0 Å². The number of nitrogens with one attached hydrogen (secondary N) is 1. The molecular weight excluding hydrogens is 258 g/mol. The fourth-order valence-electron chi connectivity index (χ4n) is 4.47. The van der Waals surface area contributed by atoms with Crippen molar-refractivity contribution in [3.8, 4) is 0 Å². The van der Waals surface area contributed by atoms with E-state index >= 15 is 0 Å². The minimum Gasteiger partial charge on any atom is -0.392 e. The molecule has 2 fully saturated rings. The van der Waals surface area contributed by atoms with Gasteiger partial charge in [0.25, 0.3) is 0 Å². The Labute approximate surface area is 131 Å². The van der Waals surface area contributed by atoms with E-state index in [2.05, 4.69) is 31.3 Å². The van der Waals surface area contributed by atoms with Crippen molar-refractivity contribution in [1.29, 1.82) is 0 Å². The van der Waals surface area contributed by atoms with E-state index in [0.29, 0.717) is 12.0 Å². The largest absolute Gasteiger partial charge is 0.392 e. The molecule has 0 unspecified atom stereocenters. The van der Waals surface area contributed by atoms with Crippen molar-refractivity contribution >= 4 is 0 Å². The Balaban J connectivity index is 2.03. The van der Waals surface area contributed by atoms with E-state index in [0.717, 1.165) is 12.8 Å². The van der Waals surface area contributed by atoms with E-state index in [1.807, 2.05) is 0 Å². The molecule has 0 radical (unpaired) electrons. The first-order chi connectivity index (χ1) is 10.2.